The number of benzene rings is 3. The molecule has 2 N–H and O–H groups in total. The Morgan fingerprint density at radius 3 is 2.32 bits per heavy atom. The molecule has 3 saturated heterocycles. The zero-order valence-electron chi connectivity index (χ0n) is 31.6. The van der Waals surface area contributed by atoms with Crippen LogP contribution in [0.5, 0.6) is 5.75 Å². The molecule has 15 heteroatoms. The number of hydrogen-bond acceptors (Lipinski definition) is 8. The van der Waals surface area contributed by atoms with E-state index < -0.39 is 48.6 Å². The Bertz CT molecular complexity index is 2160. The van der Waals surface area contributed by atoms with Crippen LogP contribution in [0.25, 0.3) is 0 Å². The summed E-state index contributed by atoms with van der Waals surface area (Å²) >= 11 is 0. The summed E-state index contributed by atoms with van der Waals surface area (Å²) in [4.78, 5) is 59.6. The fourth-order valence-corrected chi connectivity index (χ4v) is 10.1. The number of alkyl halides is 2. The van der Waals surface area contributed by atoms with Gasteiger partial charge in [0.1, 0.15) is 23.4 Å². The van der Waals surface area contributed by atoms with Gasteiger partial charge < -0.3 is 19.8 Å². The number of carbonyl (C=O) groups excluding carboxylic acids is 4. The molecule has 11 nitrogen and oxygen atoms in total. The minimum Gasteiger partial charge on any atom is -0.508 e. The first-order valence-corrected chi connectivity index (χ1v) is 19.6. The van der Waals surface area contributed by atoms with Gasteiger partial charge in [0.2, 0.25) is 17.7 Å². The standard InChI is InChI=1S/C42H44F4N6O5/c1-23-10-24-12-29(53)2-3-30(24)39(51(23)19-35(45)46)38-32(43)14-28(15-33(38)44)49-8-6-42(7-9-49)21-50(22-42)37(55)20-48-16-25-11-27-18-52(34-4-5-36(54)47-40(34)56)41(57)31(27)13-26(25)17-48/h2-3,11-15,23,34-35,39,53H,4-10,16-22H2,1H3,(H,47,54,56)/t23-,34?,39+/m1/s1. The van der Waals surface area contributed by atoms with Crippen molar-refractivity contribution in [3.05, 3.63) is 93.0 Å². The zero-order chi connectivity index (χ0) is 39.9. The molecule has 6 aliphatic heterocycles. The highest BCUT2D eigenvalue weighted by molar-refractivity contribution is 6.05. The van der Waals surface area contributed by atoms with Crippen LogP contribution < -0.4 is 10.2 Å². The molecule has 0 radical (unpaired) electrons. The average Bonchev–Trinajstić information content (AvgIpc) is 3.68. The van der Waals surface area contributed by atoms with Crippen molar-refractivity contribution in [3.63, 3.8) is 0 Å². The minimum atomic E-state index is -2.70. The van der Waals surface area contributed by atoms with E-state index in [1.807, 2.05) is 21.9 Å². The van der Waals surface area contributed by atoms with Crippen molar-refractivity contribution in [2.24, 2.45) is 5.41 Å². The maximum absolute atomic E-state index is 16.1. The molecule has 0 saturated carbocycles. The number of nitrogens with zero attached hydrogens (tertiary/aromatic N) is 5. The Labute approximate surface area is 327 Å². The van der Waals surface area contributed by atoms with Gasteiger partial charge in [-0.05, 0) is 90.8 Å². The van der Waals surface area contributed by atoms with Gasteiger partial charge >= 0.3 is 0 Å². The van der Waals surface area contributed by atoms with Crippen molar-refractivity contribution in [2.75, 3.05) is 44.2 Å². The van der Waals surface area contributed by atoms with E-state index in [0.29, 0.717) is 81.0 Å². The van der Waals surface area contributed by atoms with Crippen LogP contribution >= 0.6 is 0 Å². The van der Waals surface area contributed by atoms with Crippen molar-refractivity contribution in [1.82, 2.24) is 24.9 Å². The first-order valence-electron chi connectivity index (χ1n) is 19.6. The molecule has 1 spiro atoms. The van der Waals surface area contributed by atoms with Gasteiger partial charge in [-0.2, -0.15) is 0 Å². The van der Waals surface area contributed by atoms with Crippen molar-refractivity contribution in [3.8, 4) is 5.75 Å². The zero-order valence-corrected chi connectivity index (χ0v) is 31.6. The van der Waals surface area contributed by atoms with E-state index in [0.717, 1.165) is 29.5 Å². The summed E-state index contributed by atoms with van der Waals surface area (Å²) in [6, 6.07) is 8.78. The number of halogens is 4. The SMILES string of the molecule is C[C@@H]1Cc2cc(O)ccc2[C@@H](c2c(F)cc(N3CCC4(CC3)CN(C(=O)CN3Cc5cc6c(cc5C3)C(=O)N(C3CCC(=O)NC3=O)C6)C4)cc2F)N1CC(F)F. The van der Waals surface area contributed by atoms with E-state index in [1.54, 1.807) is 17.9 Å². The Morgan fingerprint density at radius 1 is 0.930 bits per heavy atom. The molecule has 3 aromatic carbocycles. The van der Waals surface area contributed by atoms with Crippen molar-refractivity contribution < 1.29 is 41.8 Å². The minimum absolute atomic E-state index is 0.00370. The molecule has 1 unspecified atom stereocenters. The largest absolute Gasteiger partial charge is 0.508 e. The second-order valence-corrected chi connectivity index (χ2v) is 16.8. The first kappa shape index (κ1) is 37.6. The van der Waals surface area contributed by atoms with Gasteiger partial charge in [0.25, 0.3) is 12.3 Å². The van der Waals surface area contributed by atoms with E-state index in [2.05, 4.69) is 10.2 Å². The number of fused-ring (bicyclic) bond motifs is 3. The van der Waals surface area contributed by atoms with Crippen LogP contribution in [0.4, 0.5) is 23.2 Å². The quantitative estimate of drug-likeness (QED) is 0.266. The summed E-state index contributed by atoms with van der Waals surface area (Å²) < 4.78 is 59.6. The van der Waals surface area contributed by atoms with Crippen LogP contribution in [0, 0.1) is 17.0 Å². The number of imide groups is 1. The van der Waals surface area contributed by atoms with E-state index in [9.17, 15) is 33.1 Å². The Kier molecular flexibility index (Phi) is 9.30. The molecular formula is C42H44F4N6O5. The highest BCUT2D eigenvalue weighted by Gasteiger charge is 2.47. The number of likely N-dealkylation sites (tertiary alicyclic amines) is 1. The molecule has 0 aromatic heterocycles. The normalized spacial score (nSPS) is 24.5. The molecular weight excluding hydrogens is 744 g/mol. The number of phenols is 1. The van der Waals surface area contributed by atoms with Gasteiger partial charge in [0, 0.05) is 80.5 Å². The lowest BCUT2D eigenvalue weighted by Crippen LogP contribution is -2.63. The van der Waals surface area contributed by atoms with Crippen molar-refractivity contribution in [2.45, 2.75) is 83.2 Å². The third-order valence-corrected chi connectivity index (χ3v) is 13.1. The van der Waals surface area contributed by atoms with Gasteiger partial charge in [-0.1, -0.05) is 12.1 Å². The predicted molar refractivity (Wildman–Crippen MR) is 199 cm³/mol. The third-order valence-electron chi connectivity index (χ3n) is 13.1. The molecule has 0 aliphatic carbocycles. The first-order chi connectivity index (χ1) is 27.3. The number of hydrogen-bond donors (Lipinski definition) is 2. The van der Waals surface area contributed by atoms with Crippen LogP contribution in [0.2, 0.25) is 0 Å². The Morgan fingerprint density at radius 2 is 1.63 bits per heavy atom. The van der Waals surface area contributed by atoms with Crippen LogP contribution in [-0.2, 0) is 40.4 Å². The highest BCUT2D eigenvalue weighted by atomic mass is 19.3. The van der Waals surface area contributed by atoms with E-state index >= 15 is 8.78 Å². The van der Waals surface area contributed by atoms with Gasteiger partial charge in [0.15, 0.2) is 0 Å². The molecule has 4 amide bonds. The molecule has 6 aliphatic rings. The van der Waals surface area contributed by atoms with Gasteiger partial charge in [-0.3, -0.25) is 34.3 Å². The smallest absolute Gasteiger partial charge is 0.255 e. The van der Waals surface area contributed by atoms with Crippen LogP contribution in [0.1, 0.15) is 82.4 Å². The van der Waals surface area contributed by atoms with Gasteiger partial charge in [-0.25, -0.2) is 17.6 Å². The summed E-state index contributed by atoms with van der Waals surface area (Å²) in [7, 11) is 0. The fourth-order valence-electron chi connectivity index (χ4n) is 10.1. The summed E-state index contributed by atoms with van der Waals surface area (Å²) in [5.41, 5.74) is 4.64. The number of aromatic hydroxyl groups is 1. The number of amides is 4. The molecule has 9 rings (SSSR count). The van der Waals surface area contributed by atoms with Gasteiger partial charge in [0.05, 0.1) is 19.1 Å². The second kappa shape index (κ2) is 14.1. The number of piperidine rings is 2. The number of rotatable bonds is 7. The fraction of sp³-hybridized carbons (Fsp3) is 0.476. The van der Waals surface area contributed by atoms with Crippen LogP contribution in [0.15, 0.2) is 42.5 Å². The topological polar surface area (TPSA) is 117 Å². The molecule has 3 aromatic rings. The lowest BCUT2D eigenvalue weighted by atomic mass is 9.72. The molecule has 300 valence electrons. The highest BCUT2D eigenvalue weighted by Crippen LogP contribution is 2.45. The van der Waals surface area contributed by atoms with Crippen molar-refractivity contribution in [1.29, 1.82) is 0 Å². The average molecular weight is 789 g/mol. The monoisotopic (exact) mass is 788 g/mol. The third kappa shape index (κ3) is 6.71. The number of nitrogens with one attached hydrogen (secondary N) is 1. The number of phenolic OH excluding ortho intramolecular Hbond substituents is 1. The van der Waals surface area contributed by atoms with Crippen LogP contribution in [-0.4, -0.2) is 106 Å². The molecule has 0 bridgehead atoms. The van der Waals surface area contributed by atoms with E-state index in [1.165, 1.54) is 29.2 Å². The predicted octanol–water partition coefficient (Wildman–Crippen LogP) is 4.48. The van der Waals surface area contributed by atoms with Crippen LogP contribution in [0.3, 0.4) is 0 Å². The Balaban J connectivity index is 0.801. The maximum Gasteiger partial charge on any atom is 0.255 e. The molecule has 6 heterocycles. The van der Waals surface area contributed by atoms with Gasteiger partial charge in [-0.15, -0.1) is 0 Å². The summed E-state index contributed by atoms with van der Waals surface area (Å²) in [5, 5.41) is 12.4. The second-order valence-electron chi connectivity index (χ2n) is 16.8. The molecule has 3 fully saturated rings. The van der Waals surface area contributed by atoms with E-state index in [-0.39, 0.29) is 47.4 Å². The molecule has 57 heavy (non-hydrogen) atoms. The number of anilines is 1. The number of carbonyl (C=O) groups is 4. The summed E-state index contributed by atoms with van der Waals surface area (Å²) in [6.45, 7) is 5.05. The van der Waals surface area contributed by atoms with E-state index in [4.69, 9.17) is 0 Å². The Hall–Kier alpha value is -5.02. The van der Waals surface area contributed by atoms with Crippen molar-refractivity contribution >= 4 is 29.3 Å². The maximum atomic E-state index is 16.1. The lowest BCUT2D eigenvalue weighted by molar-refractivity contribution is -0.146. The molecule has 3 atom stereocenters. The lowest BCUT2D eigenvalue weighted by Gasteiger charge is -2.54. The summed E-state index contributed by atoms with van der Waals surface area (Å²) in [5.74, 6) is -2.57. The summed E-state index contributed by atoms with van der Waals surface area (Å²) in [6.07, 6.45) is -0.352.